The second-order valence-corrected chi connectivity index (χ2v) is 6.24. The van der Waals surface area contributed by atoms with Crippen molar-refractivity contribution in [3.05, 3.63) is 65.2 Å². The fourth-order valence-corrected chi connectivity index (χ4v) is 2.90. The van der Waals surface area contributed by atoms with Crippen LogP contribution in [-0.2, 0) is 0 Å². The van der Waals surface area contributed by atoms with Gasteiger partial charge in [-0.15, -0.1) is 0 Å². The van der Waals surface area contributed by atoms with Crippen molar-refractivity contribution in [1.82, 2.24) is 20.5 Å². The molecule has 0 saturated heterocycles. The van der Waals surface area contributed by atoms with Crippen molar-refractivity contribution in [3.8, 4) is 11.5 Å². The van der Waals surface area contributed by atoms with Gasteiger partial charge in [0.25, 0.3) is 0 Å². The Morgan fingerprint density at radius 1 is 1.15 bits per heavy atom. The van der Waals surface area contributed by atoms with Crippen LogP contribution in [-0.4, -0.2) is 28.0 Å². The Kier molecular flexibility index (Phi) is 4.37. The fraction of sp³-hybridized carbons (Fsp3) is 0.211. The lowest BCUT2D eigenvalue weighted by Gasteiger charge is -2.17. The number of carbonyl (C=O) groups is 1. The van der Waals surface area contributed by atoms with Gasteiger partial charge in [-0.1, -0.05) is 30.3 Å². The predicted octanol–water partition coefficient (Wildman–Crippen LogP) is 3.06. The number of benzene rings is 2. The lowest BCUT2D eigenvalue weighted by Crippen LogP contribution is -2.34. The number of rotatable bonds is 4. The molecule has 138 valence electrons. The first-order valence-electron chi connectivity index (χ1n) is 8.52. The first kappa shape index (κ1) is 16.9. The van der Waals surface area contributed by atoms with Gasteiger partial charge in [0, 0.05) is 11.8 Å². The molecule has 1 aromatic heterocycles. The summed E-state index contributed by atoms with van der Waals surface area (Å²) in [6.45, 7) is 3.89. The molecule has 0 aliphatic carbocycles. The third kappa shape index (κ3) is 3.55. The monoisotopic (exact) mass is 365 g/mol. The van der Waals surface area contributed by atoms with Gasteiger partial charge in [-0.2, -0.15) is 5.10 Å². The number of nitrogens with one attached hydrogen (secondary N) is 3. The van der Waals surface area contributed by atoms with Crippen molar-refractivity contribution in [1.29, 1.82) is 0 Å². The molecular weight excluding hydrogens is 346 g/mol. The molecule has 8 heteroatoms. The van der Waals surface area contributed by atoms with E-state index in [9.17, 15) is 4.79 Å². The Labute approximate surface area is 155 Å². The molecule has 1 aliphatic heterocycles. The van der Waals surface area contributed by atoms with E-state index in [1.807, 2.05) is 50.2 Å². The number of aromatic nitrogens is 3. The standard InChI is InChI=1S/C19H19N5O3/c1-11-8-15-16(27-10-26-15)9-14(11)21-19(25)22-17(13-6-4-3-5-7-13)18-20-12(2)23-24-18/h3-9,17H,10H2,1-2H3,(H,20,23,24)(H2,21,22,25). The Morgan fingerprint density at radius 3 is 2.59 bits per heavy atom. The van der Waals surface area contributed by atoms with Crippen LogP contribution in [0.15, 0.2) is 42.5 Å². The van der Waals surface area contributed by atoms with Gasteiger partial charge >= 0.3 is 6.03 Å². The normalized spacial score (nSPS) is 13.3. The highest BCUT2D eigenvalue weighted by Crippen LogP contribution is 2.36. The number of amides is 2. The average Bonchev–Trinajstić information content (AvgIpc) is 3.29. The van der Waals surface area contributed by atoms with Crippen LogP contribution in [0, 0.1) is 13.8 Å². The molecule has 0 bridgehead atoms. The van der Waals surface area contributed by atoms with E-state index >= 15 is 0 Å². The molecule has 1 aliphatic rings. The molecule has 2 heterocycles. The molecule has 3 N–H and O–H groups in total. The van der Waals surface area contributed by atoms with Crippen molar-refractivity contribution in [3.63, 3.8) is 0 Å². The van der Waals surface area contributed by atoms with Gasteiger partial charge in [0.05, 0.1) is 0 Å². The predicted molar refractivity (Wildman–Crippen MR) is 98.9 cm³/mol. The van der Waals surface area contributed by atoms with E-state index in [2.05, 4.69) is 25.8 Å². The van der Waals surface area contributed by atoms with E-state index in [-0.39, 0.29) is 12.8 Å². The summed E-state index contributed by atoms with van der Waals surface area (Å²) in [6, 6.07) is 12.3. The molecule has 8 nitrogen and oxygen atoms in total. The Morgan fingerprint density at radius 2 is 1.89 bits per heavy atom. The number of carbonyl (C=O) groups excluding carboxylic acids is 1. The molecular formula is C19H19N5O3. The van der Waals surface area contributed by atoms with Crippen molar-refractivity contribution in [2.24, 2.45) is 0 Å². The van der Waals surface area contributed by atoms with E-state index < -0.39 is 6.04 Å². The van der Waals surface area contributed by atoms with Crippen LogP contribution in [0.4, 0.5) is 10.5 Å². The van der Waals surface area contributed by atoms with Gasteiger partial charge in [-0.25, -0.2) is 9.78 Å². The number of hydrogen-bond donors (Lipinski definition) is 3. The number of ether oxygens (including phenoxy) is 2. The third-order valence-electron chi connectivity index (χ3n) is 4.25. The third-order valence-corrected chi connectivity index (χ3v) is 4.25. The highest BCUT2D eigenvalue weighted by atomic mass is 16.7. The zero-order valence-electron chi connectivity index (χ0n) is 14.9. The van der Waals surface area contributed by atoms with Gasteiger partial charge in [-0.3, -0.25) is 5.10 Å². The number of H-pyrrole nitrogens is 1. The van der Waals surface area contributed by atoms with Crippen LogP contribution in [0.3, 0.4) is 0 Å². The van der Waals surface area contributed by atoms with Gasteiger partial charge in [0.2, 0.25) is 6.79 Å². The number of fused-ring (bicyclic) bond motifs is 1. The number of nitrogens with zero attached hydrogens (tertiary/aromatic N) is 2. The highest BCUT2D eigenvalue weighted by molar-refractivity contribution is 5.91. The quantitative estimate of drug-likeness (QED) is 0.660. The first-order chi connectivity index (χ1) is 13.1. The Balaban J connectivity index is 1.56. The number of anilines is 1. The van der Waals surface area contributed by atoms with Crippen LogP contribution in [0.1, 0.15) is 28.8 Å². The minimum absolute atomic E-state index is 0.185. The molecule has 0 radical (unpaired) electrons. The maximum atomic E-state index is 12.7. The average molecular weight is 365 g/mol. The van der Waals surface area contributed by atoms with Crippen LogP contribution < -0.4 is 20.1 Å². The zero-order valence-corrected chi connectivity index (χ0v) is 14.9. The van der Waals surface area contributed by atoms with Crippen molar-refractivity contribution < 1.29 is 14.3 Å². The second-order valence-electron chi connectivity index (χ2n) is 6.24. The zero-order chi connectivity index (χ0) is 18.8. The number of aromatic amines is 1. The molecule has 3 aromatic rings. The molecule has 27 heavy (non-hydrogen) atoms. The van der Waals surface area contributed by atoms with Crippen LogP contribution in [0.2, 0.25) is 0 Å². The summed E-state index contributed by atoms with van der Waals surface area (Å²) in [5, 5.41) is 12.8. The van der Waals surface area contributed by atoms with Gasteiger partial charge in [-0.05, 0) is 31.0 Å². The second kappa shape index (κ2) is 6.99. The molecule has 0 spiro atoms. The summed E-state index contributed by atoms with van der Waals surface area (Å²) in [6.07, 6.45) is 0. The number of aryl methyl sites for hydroxylation is 2. The van der Waals surface area contributed by atoms with Crippen LogP contribution >= 0.6 is 0 Å². The van der Waals surface area contributed by atoms with E-state index in [0.29, 0.717) is 28.8 Å². The Bertz CT molecular complexity index is 971. The maximum Gasteiger partial charge on any atom is 0.320 e. The van der Waals surface area contributed by atoms with Gasteiger partial charge in [0.1, 0.15) is 11.9 Å². The maximum absolute atomic E-state index is 12.7. The van der Waals surface area contributed by atoms with Crippen molar-refractivity contribution in [2.45, 2.75) is 19.9 Å². The molecule has 4 rings (SSSR count). The van der Waals surface area contributed by atoms with Gasteiger partial charge < -0.3 is 20.1 Å². The van der Waals surface area contributed by atoms with Gasteiger partial charge in [0.15, 0.2) is 17.3 Å². The van der Waals surface area contributed by atoms with Crippen LogP contribution in [0.25, 0.3) is 0 Å². The smallest absolute Gasteiger partial charge is 0.320 e. The van der Waals surface area contributed by atoms with Crippen molar-refractivity contribution in [2.75, 3.05) is 12.1 Å². The number of urea groups is 1. The van der Waals surface area contributed by atoms with Crippen LogP contribution in [0.5, 0.6) is 11.5 Å². The summed E-state index contributed by atoms with van der Waals surface area (Å²) in [5.41, 5.74) is 2.41. The lowest BCUT2D eigenvalue weighted by molar-refractivity contribution is 0.174. The minimum atomic E-state index is -0.481. The minimum Gasteiger partial charge on any atom is -0.454 e. The summed E-state index contributed by atoms with van der Waals surface area (Å²) in [5.74, 6) is 2.47. The molecule has 2 aromatic carbocycles. The molecule has 0 fully saturated rings. The highest BCUT2D eigenvalue weighted by Gasteiger charge is 2.22. The summed E-state index contributed by atoms with van der Waals surface area (Å²) in [4.78, 5) is 17.0. The first-order valence-corrected chi connectivity index (χ1v) is 8.52. The molecule has 2 amide bonds. The SMILES string of the molecule is Cc1nc(C(NC(=O)Nc2cc3c(cc2C)OCO3)c2ccccc2)n[nH]1. The molecule has 1 atom stereocenters. The topological polar surface area (TPSA) is 101 Å². The summed E-state index contributed by atoms with van der Waals surface area (Å²) >= 11 is 0. The largest absolute Gasteiger partial charge is 0.454 e. The van der Waals surface area contributed by atoms with E-state index in [1.165, 1.54) is 0 Å². The fourth-order valence-electron chi connectivity index (χ4n) is 2.90. The molecule has 0 saturated carbocycles. The number of hydrogen-bond acceptors (Lipinski definition) is 5. The van der Waals surface area contributed by atoms with Crippen molar-refractivity contribution >= 4 is 11.7 Å². The van der Waals surface area contributed by atoms with E-state index in [4.69, 9.17) is 9.47 Å². The Hall–Kier alpha value is -3.55. The lowest BCUT2D eigenvalue weighted by atomic mass is 10.1. The van der Waals surface area contributed by atoms with E-state index in [0.717, 1.165) is 11.1 Å². The summed E-state index contributed by atoms with van der Waals surface area (Å²) < 4.78 is 10.7. The molecule has 1 unspecified atom stereocenters. The summed E-state index contributed by atoms with van der Waals surface area (Å²) in [7, 11) is 0. The van der Waals surface area contributed by atoms with E-state index in [1.54, 1.807) is 6.07 Å².